The Labute approximate surface area is 81.5 Å². The average molecular weight is 180 g/mol. The van der Waals surface area contributed by atoms with Crippen molar-refractivity contribution >= 4 is 0 Å². The van der Waals surface area contributed by atoms with Crippen molar-refractivity contribution < 1.29 is 0 Å². The highest BCUT2D eigenvalue weighted by Gasteiger charge is 2.29. The molecule has 0 saturated carbocycles. The number of likely N-dealkylation sites (tertiary alicyclic amines) is 1. The van der Waals surface area contributed by atoms with Crippen molar-refractivity contribution in [1.29, 1.82) is 5.26 Å². The second-order valence-electron chi connectivity index (χ2n) is 4.01. The highest BCUT2D eigenvalue weighted by Crippen LogP contribution is 2.23. The van der Waals surface area contributed by atoms with Crippen LogP contribution in [0.4, 0.5) is 0 Å². The molecule has 1 heterocycles. The summed E-state index contributed by atoms with van der Waals surface area (Å²) in [4.78, 5) is 2.46. The Balaban J connectivity index is 2.25. The van der Waals surface area contributed by atoms with Gasteiger partial charge in [0.25, 0.3) is 0 Å². The summed E-state index contributed by atoms with van der Waals surface area (Å²) in [5, 5.41) is 8.85. The van der Waals surface area contributed by atoms with E-state index in [-0.39, 0.29) is 5.92 Å². The fraction of sp³-hybridized carbons (Fsp3) is 0.909. The van der Waals surface area contributed by atoms with Crippen molar-refractivity contribution in [3.8, 4) is 6.07 Å². The van der Waals surface area contributed by atoms with E-state index in [0.29, 0.717) is 6.04 Å². The first-order chi connectivity index (χ1) is 6.29. The predicted octanol–water partition coefficient (Wildman–Crippen LogP) is 2.41. The van der Waals surface area contributed by atoms with Crippen molar-refractivity contribution in [3.05, 3.63) is 0 Å². The molecule has 1 aliphatic rings. The Kier molecular flexibility index (Phi) is 4.24. The van der Waals surface area contributed by atoms with Crippen LogP contribution < -0.4 is 0 Å². The van der Waals surface area contributed by atoms with Gasteiger partial charge in [0.05, 0.1) is 12.0 Å². The normalized spacial score (nSPS) is 29.0. The van der Waals surface area contributed by atoms with E-state index in [4.69, 9.17) is 5.26 Å². The smallest absolute Gasteiger partial charge is 0.0672 e. The molecule has 1 saturated heterocycles. The van der Waals surface area contributed by atoms with Gasteiger partial charge in [0.2, 0.25) is 0 Å². The van der Waals surface area contributed by atoms with Crippen LogP contribution in [0.5, 0.6) is 0 Å². The van der Waals surface area contributed by atoms with Gasteiger partial charge in [0, 0.05) is 6.04 Å². The zero-order valence-electron chi connectivity index (χ0n) is 8.79. The van der Waals surface area contributed by atoms with Crippen molar-refractivity contribution in [2.45, 2.75) is 45.6 Å². The molecule has 0 aliphatic carbocycles. The third-order valence-electron chi connectivity index (χ3n) is 3.10. The molecule has 0 aromatic heterocycles. The molecule has 2 unspecified atom stereocenters. The first kappa shape index (κ1) is 10.5. The summed E-state index contributed by atoms with van der Waals surface area (Å²) >= 11 is 0. The lowest BCUT2D eigenvalue weighted by atomic mass is 10.0. The summed E-state index contributed by atoms with van der Waals surface area (Å²) in [6.45, 7) is 6.73. The van der Waals surface area contributed by atoms with Crippen molar-refractivity contribution in [3.63, 3.8) is 0 Å². The molecule has 1 rings (SSSR count). The van der Waals surface area contributed by atoms with Gasteiger partial charge in [-0.3, -0.25) is 4.90 Å². The molecule has 0 radical (unpaired) electrons. The summed E-state index contributed by atoms with van der Waals surface area (Å²) in [7, 11) is 0. The van der Waals surface area contributed by atoms with Gasteiger partial charge >= 0.3 is 0 Å². The highest BCUT2D eigenvalue weighted by atomic mass is 15.2. The minimum absolute atomic E-state index is 0.279. The molecule has 74 valence electrons. The highest BCUT2D eigenvalue weighted by molar-refractivity contribution is 4.96. The Morgan fingerprint density at radius 2 is 2.23 bits per heavy atom. The molecular formula is C11H20N2. The van der Waals surface area contributed by atoms with E-state index in [9.17, 15) is 0 Å². The van der Waals surface area contributed by atoms with Crippen molar-refractivity contribution in [2.75, 3.05) is 13.1 Å². The van der Waals surface area contributed by atoms with Crippen LogP contribution >= 0.6 is 0 Å². The zero-order valence-corrected chi connectivity index (χ0v) is 8.79. The van der Waals surface area contributed by atoms with Crippen molar-refractivity contribution in [1.82, 2.24) is 4.90 Å². The number of hydrogen-bond donors (Lipinski definition) is 0. The lowest BCUT2D eigenvalue weighted by Gasteiger charge is -2.21. The third kappa shape index (κ3) is 2.70. The molecule has 1 aliphatic heterocycles. The molecule has 0 bridgehead atoms. The maximum absolute atomic E-state index is 8.85. The van der Waals surface area contributed by atoms with Crippen LogP contribution in [0.2, 0.25) is 0 Å². The summed E-state index contributed by atoms with van der Waals surface area (Å²) in [5.41, 5.74) is 0. The molecule has 1 fully saturated rings. The molecule has 2 heteroatoms. The lowest BCUT2D eigenvalue weighted by Crippen LogP contribution is -2.30. The second kappa shape index (κ2) is 5.24. The molecule has 0 aromatic carbocycles. The monoisotopic (exact) mass is 180 g/mol. The number of nitriles is 1. The lowest BCUT2D eigenvalue weighted by molar-refractivity contribution is 0.250. The average Bonchev–Trinajstić information content (AvgIpc) is 2.48. The summed E-state index contributed by atoms with van der Waals surface area (Å²) in [6.07, 6.45) is 4.97. The van der Waals surface area contributed by atoms with Crippen LogP contribution in [0.25, 0.3) is 0 Å². The van der Waals surface area contributed by atoms with Crippen LogP contribution in [-0.4, -0.2) is 24.0 Å². The van der Waals surface area contributed by atoms with Crippen LogP contribution in [0.3, 0.4) is 0 Å². The largest absolute Gasteiger partial charge is 0.299 e. The van der Waals surface area contributed by atoms with Gasteiger partial charge in [-0.1, -0.05) is 19.8 Å². The van der Waals surface area contributed by atoms with E-state index in [0.717, 1.165) is 13.0 Å². The van der Waals surface area contributed by atoms with E-state index >= 15 is 0 Å². The quantitative estimate of drug-likeness (QED) is 0.621. The Morgan fingerprint density at radius 1 is 1.46 bits per heavy atom. The van der Waals surface area contributed by atoms with Crippen LogP contribution in [0.15, 0.2) is 0 Å². The SMILES string of the molecule is CCCCCN1CCC(C#N)C1C. The van der Waals surface area contributed by atoms with Gasteiger partial charge in [0.1, 0.15) is 0 Å². The zero-order chi connectivity index (χ0) is 9.68. The minimum Gasteiger partial charge on any atom is -0.299 e. The number of unbranched alkanes of at least 4 members (excludes halogenated alkanes) is 2. The Bertz CT molecular complexity index is 183. The topological polar surface area (TPSA) is 27.0 Å². The maximum Gasteiger partial charge on any atom is 0.0672 e. The molecule has 2 atom stereocenters. The maximum atomic E-state index is 8.85. The van der Waals surface area contributed by atoms with E-state index in [2.05, 4.69) is 24.8 Å². The Morgan fingerprint density at radius 3 is 2.77 bits per heavy atom. The third-order valence-corrected chi connectivity index (χ3v) is 3.10. The molecule has 0 aromatic rings. The number of hydrogen-bond acceptors (Lipinski definition) is 2. The fourth-order valence-corrected chi connectivity index (χ4v) is 2.06. The van der Waals surface area contributed by atoms with E-state index in [1.807, 2.05) is 0 Å². The second-order valence-corrected chi connectivity index (χ2v) is 4.01. The van der Waals surface area contributed by atoms with Crippen molar-refractivity contribution in [2.24, 2.45) is 5.92 Å². The summed E-state index contributed by atoms with van der Waals surface area (Å²) < 4.78 is 0. The molecule has 2 nitrogen and oxygen atoms in total. The molecule has 13 heavy (non-hydrogen) atoms. The van der Waals surface area contributed by atoms with E-state index in [1.54, 1.807) is 0 Å². The van der Waals surface area contributed by atoms with Gasteiger partial charge in [0.15, 0.2) is 0 Å². The van der Waals surface area contributed by atoms with Crippen LogP contribution in [0.1, 0.15) is 39.5 Å². The first-order valence-electron chi connectivity index (χ1n) is 5.43. The predicted molar refractivity (Wildman–Crippen MR) is 54.3 cm³/mol. The first-order valence-corrected chi connectivity index (χ1v) is 5.43. The minimum atomic E-state index is 0.279. The van der Waals surface area contributed by atoms with E-state index < -0.39 is 0 Å². The standard InChI is InChI=1S/C11H20N2/c1-3-4-5-7-13-8-6-11(9-12)10(13)2/h10-11H,3-8H2,1-2H3. The molecule has 0 spiro atoms. The van der Waals surface area contributed by atoms with Gasteiger partial charge in [-0.05, 0) is 32.9 Å². The fourth-order valence-electron chi connectivity index (χ4n) is 2.06. The van der Waals surface area contributed by atoms with E-state index in [1.165, 1.54) is 25.8 Å². The van der Waals surface area contributed by atoms with Gasteiger partial charge < -0.3 is 0 Å². The molecule has 0 N–H and O–H groups in total. The molecular weight excluding hydrogens is 160 g/mol. The number of rotatable bonds is 4. The number of nitrogens with zero attached hydrogens (tertiary/aromatic N) is 2. The van der Waals surface area contributed by atoms with Gasteiger partial charge in [-0.2, -0.15) is 5.26 Å². The summed E-state index contributed by atoms with van der Waals surface area (Å²) in [5.74, 6) is 0.279. The van der Waals surface area contributed by atoms with Crippen LogP contribution in [-0.2, 0) is 0 Å². The Hall–Kier alpha value is -0.550. The van der Waals surface area contributed by atoms with Gasteiger partial charge in [-0.25, -0.2) is 0 Å². The van der Waals surface area contributed by atoms with Crippen LogP contribution in [0, 0.1) is 17.2 Å². The van der Waals surface area contributed by atoms with Gasteiger partial charge in [-0.15, -0.1) is 0 Å². The summed E-state index contributed by atoms with van der Waals surface area (Å²) in [6, 6.07) is 2.88. The molecule has 0 amide bonds.